The fraction of sp³-hybridized carbons (Fsp3) is 0.280. The van der Waals surface area contributed by atoms with Crippen molar-refractivity contribution in [3.63, 3.8) is 0 Å². The van der Waals surface area contributed by atoms with Gasteiger partial charge in [0.2, 0.25) is 5.91 Å². The van der Waals surface area contributed by atoms with Crippen molar-refractivity contribution in [1.82, 2.24) is 10.2 Å². The molecule has 1 N–H and O–H groups in total. The van der Waals surface area contributed by atoms with Crippen LogP contribution in [0.3, 0.4) is 0 Å². The Morgan fingerprint density at radius 3 is 2.55 bits per heavy atom. The predicted molar refractivity (Wildman–Crippen MR) is 124 cm³/mol. The second kappa shape index (κ2) is 9.35. The molecule has 2 heterocycles. The minimum atomic E-state index is -0.248. The third-order valence-corrected chi connectivity index (χ3v) is 6.67. The van der Waals surface area contributed by atoms with E-state index in [0.29, 0.717) is 17.8 Å². The van der Waals surface area contributed by atoms with E-state index in [4.69, 9.17) is 4.74 Å². The highest BCUT2D eigenvalue weighted by atomic mass is 32.1. The quantitative estimate of drug-likeness (QED) is 0.580. The van der Waals surface area contributed by atoms with Gasteiger partial charge in [-0.3, -0.25) is 9.59 Å². The summed E-state index contributed by atoms with van der Waals surface area (Å²) in [6.07, 6.45) is 1.47. The van der Waals surface area contributed by atoms with Crippen molar-refractivity contribution in [2.75, 3.05) is 20.2 Å². The van der Waals surface area contributed by atoms with E-state index in [-0.39, 0.29) is 17.9 Å². The Kier molecular flexibility index (Phi) is 6.37. The number of benzene rings is 2. The third-order valence-electron chi connectivity index (χ3n) is 5.62. The minimum Gasteiger partial charge on any atom is -0.497 e. The number of thiophene rings is 1. The van der Waals surface area contributed by atoms with Crippen LogP contribution in [0.5, 0.6) is 5.75 Å². The van der Waals surface area contributed by atoms with Crippen LogP contribution >= 0.6 is 11.3 Å². The molecule has 1 atom stereocenters. The van der Waals surface area contributed by atoms with E-state index in [9.17, 15) is 9.59 Å². The van der Waals surface area contributed by atoms with Gasteiger partial charge in [-0.1, -0.05) is 42.5 Å². The molecule has 4 rings (SSSR count). The van der Waals surface area contributed by atoms with Gasteiger partial charge in [0.15, 0.2) is 0 Å². The van der Waals surface area contributed by atoms with Crippen LogP contribution < -0.4 is 10.1 Å². The molecule has 1 aromatic heterocycles. The molecule has 3 aromatic rings. The molecular formula is C25H26N2O3S. The highest BCUT2D eigenvalue weighted by Crippen LogP contribution is 2.32. The second-order valence-corrected chi connectivity index (χ2v) is 8.95. The standard InChI is InChI=1S/C25H26N2O3S/c1-17-21(18-10-12-20(30-2)13-11-18)15-23(31-17)25(29)26-22(19-7-4-3-5-8-19)16-27-14-6-9-24(27)28/h3-5,7-8,10-13,15,22H,6,9,14,16H2,1-2H3,(H,26,29). The van der Waals surface area contributed by atoms with E-state index >= 15 is 0 Å². The molecule has 1 saturated heterocycles. The Morgan fingerprint density at radius 2 is 1.90 bits per heavy atom. The van der Waals surface area contributed by atoms with Crippen molar-refractivity contribution >= 4 is 23.2 Å². The average molecular weight is 435 g/mol. The van der Waals surface area contributed by atoms with E-state index in [2.05, 4.69) is 5.32 Å². The lowest BCUT2D eigenvalue weighted by molar-refractivity contribution is -0.128. The molecule has 2 amide bonds. The molecule has 5 nitrogen and oxygen atoms in total. The van der Waals surface area contributed by atoms with Gasteiger partial charge in [-0.05, 0) is 48.2 Å². The maximum absolute atomic E-state index is 13.2. The third kappa shape index (κ3) is 4.80. The van der Waals surface area contributed by atoms with Gasteiger partial charge in [-0.25, -0.2) is 0 Å². The van der Waals surface area contributed by atoms with Crippen molar-refractivity contribution < 1.29 is 14.3 Å². The van der Waals surface area contributed by atoms with Gasteiger partial charge in [0.1, 0.15) is 5.75 Å². The SMILES string of the molecule is COc1ccc(-c2cc(C(=O)NC(CN3CCCC3=O)c3ccccc3)sc2C)cc1. The molecule has 1 aliphatic heterocycles. The topological polar surface area (TPSA) is 58.6 Å². The van der Waals surface area contributed by atoms with E-state index in [1.807, 2.05) is 72.5 Å². The maximum atomic E-state index is 13.2. The molecule has 6 heteroatoms. The summed E-state index contributed by atoms with van der Waals surface area (Å²) in [5.74, 6) is 0.842. The molecule has 31 heavy (non-hydrogen) atoms. The van der Waals surface area contributed by atoms with Crippen LogP contribution in [0.25, 0.3) is 11.1 Å². The number of likely N-dealkylation sites (tertiary alicyclic amines) is 1. The zero-order chi connectivity index (χ0) is 21.8. The molecule has 1 fully saturated rings. The van der Waals surface area contributed by atoms with Gasteiger partial charge in [-0.15, -0.1) is 11.3 Å². The first-order valence-corrected chi connectivity index (χ1v) is 11.2. The van der Waals surface area contributed by atoms with E-state index in [1.54, 1.807) is 7.11 Å². The summed E-state index contributed by atoms with van der Waals surface area (Å²) in [7, 11) is 1.64. The van der Waals surface area contributed by atoms with E-state index < -0.39 is 0 Å². The number of amides is 2. The number of carbonyl (C=O) groups excluding carboxylic acids is 2. The first-order valence-electron chi connectivity index (χ1n) is 10.4. The summed E-state index contributed by atoms with van der Waals surface area (Å²) in [6, 6.07) is 19.4. The summed E-state index contributed by atoms with van der Waals surface area (Å²) in [5, 5.41) is 3.16. The molecule has 0 radical (unpaired) electrons. The first-order chi connectivity index (χ1) is 15.0. The van der Waals surface area contributed by atoms with Crippen molar-refractivity contribution in [1.29, 1.82) is 0 Å². The number of nitrogens with zero attached hydrogens (tertiary/aromatic N) is 1. The van der Waals surface area contributed by atoms with Crippen LogP contribution in [0.2, 0.25) is 0 Å². The summed E-state index contributed by atoms with van der Waals surface area (Å²) in [6.45, 7) is 3.26. The number of methoxy groups -OCH3 is 1. The molecule has 0 aliphatic carbocycles. The normalized spacial score (nSPS) is 14.5. The highest BCUT2D eigenvalue weighted by molar-refractivity contribution is 7.14. The maximum Gasteiger partial charge on any atom is 0.261 e. The Balaban J connectivity index is 1.55. The van der Waals surface area contributed by atoms with Crippen LogP contribution in [-0.4, -0.2) is 36.9 Å². The van der Waals surface area contributed by atoms with Crippen LogP contribution in [0.1, 0.15) is 39.0 Å². The molecule has 0 bridgehead atoms. The Morgan fingerprint density at radius 1 is 1.16 bits per heavy atom. The number of ether oxygens (including phenoxy) is 1. The summed E-state index contributed by atoms with van der Waals surface area (Å²) in [5.41, 5.74) is 3.10. The molecule has 0 saturated carbocycles. The predicted octanol–water partition coefficient (Wildman–Crippen LogP) is 4.83. The molecule has 160 valence electrons. The van der Waals surface area contributed by atoms with Crippen molar-refractivity contribution in [2.24, 2.45) is 0 Å². The Labute approximate surface area is 186 Å². The minimum absolute atomic E-state index is 0.117. The Hall–Kier alpha value is -3.12. The second-order valence-electron chi connectivity index (χ2n) is 7.69. The number of aryl methyl sites for hydroxylation is 1. The fourth-order valence-electron chi connectivity index (χ4n) is 3.92. The smallest absolute Gasteiger partial charge is 0.261 e. The highest BCUT2D eigenvalue weighted by Gasteiger charge is 2.26. The summed E-state index contributed by atoms with van der Waals surface area (Å²) >= 11 is 1.48. The lowest BCUT2D eigenvalue weighted by atomic mass is 10.1. The molecular weight excluding hydrogens is 408 g/mol. The number of hydrogen-bond donors (Lipinski definition) is 1. The fourth-order valence-corrected chi connectivity index (χ4v) is 4.86. The van der Waals surface area contributed by atoms with Crippen LogP contribution in [0.15, 0.2) is 60.7 Å². The summed E-state index contributed by atoms with van der Waals surface area (Å²) in [4.78, 5) is 28.9. The van der Waals surface area contributed by atoms with E-state index in [1.165, 1.54) is 11.3 Å². The van der Waals surface area contributed by atoms with Crippen molar-refractivity contribution in [3.8, 4) is 16.9 Å². The van der Waals surface area contributed by atoms with Gasteiger partial charge < -0.3 is 15.0 Å². The van der Waals surface area contributed by atoms with E-state index in [0.717, 1.165) is 40.3 Å². The Bertz CT molecular complexity index is 1060. The van der Waals surface area contributed by atoms with Gasteiger partial charge in [0, 0.05) is 24.4 Å². The van der Waals surface area contributed by atoms with Crippen molar-refractivity contribution in [3.05, 3.63) is 76.0 Å². The lowest BCUT2D eigenvalue weighted by Gasteiger charge is -2.25. The number of hydrogen-bond acceptors (Lipinski definition) is 4. The number of carbonyl (C=O) groups is 2. The summed E-state index contributed by atoms with van der Waals surface area (Å²) < 4.78 is 5.24. The molecule has 2 aromatic carbocycles. The molecule has 1 aliphatic rings. The van der Waals surface area contributed by atoms with Crippen LogP contribution in [-0.2, 0) is 4.79 Å². The largest absolute Gasteiger partial charge is 0.497 e. The van der Waals surface area contributed by atoms with Crippen LogP contribution in [0.4, 0.5) is 0 Å². The van der Waals surface area contributed by atoms with Crippen molar-refractivity contribution in [2.45, 2.75) is 25.8 Å². The molecule has 1 unspecified atom stereocenters. The average Bonchev–Trinajstić information content (AvgIpc) is 3.39. The van der Waals surface area contributed by atoms with Crippen LogP contribution in [0, 0.1) is 6.92 Å². The number of rotatable bonds is 7. The molecule has 0 spiro atoms. The number of nitrogens with one attached hydrogen (secondary N) is 1. The monoisotopic (exact) mass is 434 g/mol. The zero-order valence-corrected chi connectivity index (χ0v) is 18.6. The lowest BCUT2D eigenvalue weighted by Crippen LogP contribution is -2.38. The van der Waals surface area contributed by atoms with Gasteiger partial charge in [-0.2, -0.15) is 0 Å². The first kappa shape index (κ1) is 21.1. The van der Waals surface area contributed by atoms with Gasteiger partial charge in [0.05, 0.1) is 18.0 Å². The zero-order valence-electron chi connectivity index (χ0n) is 17.8. The van der Waals surface area contributed by atoms with Gasteiger partial charge >= 0.3 is 0 Å². The van der Waals surface area contributed by atoms with Gasteiger partial charge in [0.25, 0.3) is 5.91 Å².